The van der Waals surface area contributed by atoms with Crippen molar-refractivity contribution in [3.63, 3.8) is 0 Å². The lowest BCUT2D eigenvalue weighted by Gasteiger charge is -2.08. The maximum Gasteiger partial charge on any atom is 0.143 e. The van der Waals surface area contributed by atoms with Gasteiger partial charge < -0.3 is 5.43 Å². The predicted molar refractivity (Wildman–Crippen MR) is 60.4 cm³/mol. The van der Waals surface area contributed by atoms with E-state index in [1.807, 2.05) is 6.07 Å². The molecule has 15 heavy (non-hydrogen) atoms. The number of hydrogen-bond donors (Lipinski definition) is 2. The lowest BCUT2D eigenvalue weighted by atomic mass is 10.1. The molecule has 0 unspecified atom stereocenters. The van der Waals surface area contributed by atoms with Gasteiger partial charge in [0.05, 0.1) is 0 Å². The van der Waals surface area contributed by atoms with Crippen molar-refractivity contribution in [1.29, 1.82) is 0 Å². The van der Waals surface area contributed by atoms with Crippen LogP contribution in [-0.2, 0) is 6.42 Å². The Kier molecular flexibility index (Phi) is 2.86. The molecule has 0 bridgehead atoms. The Morgan fingerprint density at radius 2 is 2.20 bits per heavy atom. The van der Waals surface area contributed by atoms with Crippen LogP contribution in [-0.4, -0.2) is 9.97 Å². The van der Waals surface area contributed by atoms with Crippen LogP contribution in [0.15, 0.2) is 6.07 Å². The normalized spacial score (nSPS) is 15.7. The van der Waals surface area contributed by atoms with Crippen molar-refractivity contribution in [3.8, 4) is 0 Å². The molecule has 0 aliphatic heterocycles. The molecule has 3 N–H and O–H groups in total. The van der Waals surface area contributed by atoms with Gasteiger partial charge in [-0.2, -0.15) is 0 Å². The number of nitrogen functional groups attached to an aromatic ring is 1. The first-order valence-electron chi connectivity index (χ1n) is 5.53. The fourth-order valence-electron chi connectivity index (χ4n) is 1.64. The van der Waals surface area contributed by atoms with Crippen LogP contribution < -0.4 is 11.3 Å². The number of hydrogen-bond acceptors (Lipinski definition) is 4. The van der Waals surface area contributed by atoms with E-state index in [9.17, 15) is 0 Å². The second-order valence-electron chi connectivity index (χ2n) is 4.62. The highest BCUT2D eigenvalue weighted by Gasteiger charge is 2.27. The van der Waals surface area contributed by atoms with Gasteiger partial charge in [-0.25, -0.2) is 15.8 Å². The first-order valence-corrected chi connectivity index (χ1v) is 5.53. The predicted octanol–water partition coefficient (Wildman–Crippen LogP) is 1.84. The number of anilines is 1. The molecule has 1 aromatic rings. The van der Waals surface area contributed by atoms with Crippen molar-refractivity contribution in [1.82, 2.24) is 9.97 Å². The van der Waals surface area contributed by atoms with Crippen LogP contribution >= 0.6 is 0 Å². The number of hydrazine groups is 1. The molecule has 0 radical (unpaired) electrons. The second kappa shape index (κ2) is 4.14. The van der Waals surface area contributed by atoms with Crippen LogP contribution in [0.25, 0.3) is 0 Å². The smallest absolute Gasteiger partial charge is 0.143 e. The Balaban J connectivity index is 2.24. The van der Waals surface area contributed by atoms with Crippen LogP contribution in [0.3, 0.4) is 0 Å². The molecule has 1 fully saturated rings. The molecule has 1 heterocycles. The molecule has 0 aromatic carbocycles. The molecule has 1 aliphatic rings. The first-order chi connectivity index (χ1) is 7.19. The maximum atomic E-state index is 5.40. The van der Waals surface area contributed by atoms with Crippen LogP contribution in [0.5, 0.6) is 0 Å². The zero-order chi connectivity index (χ0) is 10.8. The number of nitrogens with one attached hydrogen (secondary N) is 1. The third-order valence-corrected chi connectivity index (χ3v) is 2.50. The van der Waals surface area contributed by atoms with Crippen LogP contribution in [0.1, 0.15) is 44.1 Å². The summed E-state index contributed by atoms with van der Waals surface area (Å²) in [7, 11) is 0. The fraction of sp³-hybridized carbons (Fsp3) is 0.636. The Bertz CT molecular complexity index is 344. The van der Waals surface area contributed by atoms with Gasteiger partial charge in [0.2, 0.25) is 0 Å². The Labute approximate surface area is 90.3 Å². The zero-order valence-electron chi connectivity index (χ0n) is 9.33. The Morgan fingerprint density at radius 3 is 2.73 bits per heavy atom. The summed E-state index contributed by atoms with van der Waals surface area (Å²) in [4.78, 5) is 8.95. The molecule has 1 aromatic heterocycles. The van der Waals surface area contributed by atoms with E-state index >= 15 is 0 Å². The molecule has 0 saturated heterocycles. The van der Waals surface area contributed by atoms with Gasteiger partial charge in [-0.05, 0) is 25.2 Å². The molecule has 1 aliphatic carbocycles. The van der Waals surface area contributed by atoms with E-state index in [2.05, 4.69) is 29.2 Å². The summed E-state index contributed by atoms with van der Waals surface area (Å²) < 4.78 is 0. The average molecular weight is 206 g/mol. The molecular weight excluding hydrogens is 188 g/mol. The van der Waals surface area contributed by atoms with Crippen molar-refractivity contribution in [2.75, 3.05) is 5.43 Å². The van der Waals surface area contributed by atoms with Crippen molar-refractivity contribution in [2.24, 2.45) is 11.8 Å². The van der Waals surface area contributed by atoms with Gasteiger partial charge in [0.1, 0.15) is 11.6 Å². The molecule has 0 spiro atoms. The number of aromatic nitrogens is 2. The molecule has 4 nitrogen and oxygen atoms in total. The van der Waals surface area contributed by atoms with E-state index in [-0.39, 0.29) is 0 Å². The van der Waals surface area contributed by atoms with Crippen molar-refractivity contribution < 1.29 is 0 Å². The third-order valence-electron chi connectivity index (χ3n) is 2.50. The van der Waals surface area contributed by atoms with E-state index < -0.39 is 0 Å². The van der Waals surface area contributed by atoms with Gasteiger partial charge in [-0.15, -0.1) is 0 Å². The first kappa shape index (κ1) is 10.4. The van der Waals surface area contributed by atoms with E-state index in [4.69, 9.17) is 5.84 Å². The highest BCUT2D eigenvalue weighted by atomic mass is 15.3. The molecule has 2 rings (SSSR count). The highest BCUT2D eigenvalue weighted by Crippen LogP contribution is 2.38. The maximum absolute atomic E-state index is 5.40. The molecular formula is C11H18N4. The summed E-state index contributed by atoms with van der Waals surface area (Å²) in [6, 6.07) is 1.94. The SMILES string of the molecule is CC(C)Cc1cc(NN)nc(C2CC2)n1. The van der Waals surface area contributed by atoms with E-state index in [0.29, 0.717) is 11.8 Å². The summed E-state index contributed by atoms with van der Waals surface area (Å²) in [6.45, 7) is 4.38. The number of nitrogens with two attached hydrogens (primary N) is 1. The van der Waals surface area contributed by atoms with E-state index in [1.165, 1.54) is 12.8 Å². The lowest BCUT2D eigenvalue weighted by Crippen LogP contribution is -2.12. The second-order valence-corrected chi connectivity index (χ2v) is 4.62. The van der Waals surface area contributed by atoms with Crippen molar-refractivity contribution in [2.45, 2.75) is 39.0 Å². The minimum Gasteiger partial charge on any atom is -0.308 e. The molecule has 0 atom stereocenters. The summed E-state index contributed by atoms with van der Waals surface area (Å²) in [5.41, 5.74) is 3.70. The molecule has 82 valence electrons. The standard InChI is InChI=1S/C11H18N4/c1-7(2)5-9-6-10(15-12)14-11(13-9)8-3-4-8/h6-8H,3-5,12H2,1-2H3,(H,13,14,15). The molecule has 4 heteroatoms. The largest absolute Gasteiger partial charge is 0.308 e. The minimum absolute atomic E-state index is 0.573. The van der Waals surface area contributed by atoms with Gasteiger partial charge >= 0.3 is 0 Å². The Morgan fingerprint density at radius 1 is 1.47 bits per heavy atom. The van der Waals surface area contributed by atoms with Gasteiger partial charge in [0.25, 0.3) is 0 Å². The van der Waals surface area contributed by atoms with E-state index in [1.54, 1.807) is 0 Å². The van der Waals surface area contributed by atoms with Crippen LogP contribution in [0.4, 0.5) is 5.82 Å². The van der Waals surface area contributed by atoms with Crippen molar-refractivity contribution in [3.05, 3.63) is 17.6 Å². The minimum atomic E-state index is 0.573. The topological polar surface area (TPSA) is 63.8 Å². The molecule has 1 saturated carbocycles. The summed E-state index contributed by atoms with van der Waals surface area (Å²) in [5.74, 6) is 8.28. The third kappa shape index (κ3) is 2.65. The van der Waals surface area contributed by atoms with Crippen LogP contribution in [0.2, 0.25) is 0 Å². The van der Waals surface area contributed by atoms with Gasteiger partial charge in [-0.3, -0.25) is 0 Å². The number of nitrogens with zero attached hydrogens (tertiary/aromatic N) is 2. The highest BCUT2D eigenvalue weighted by molar-refractivity contribution is 5.35. The number of rotatable bonds is 4. The fourth-order valence-corrected chi connectivity index (χ4v) is 1.64. The monoisotopic (exact) mass is 206 g/mol. The van der Waals surface area contributed by atoms with Gasteiger partial charge in [0, 0.05) is 17.7 Å². The van der Waals surface area contributed by atoms with Gasteiger partial charge in [-0.1, -0.05) is 13.8 Å². The molecule has 0 amide bonds. The average Bonchev–Trinajstić information content (AvgIpc) is 2.99. The lowest BCUT2D eigenvalue weighted by molar-refractivity contribution is 0.630. The summed E-state index contributed by atoms with van der Waals surface area (Å²) >= 11 is 0. The Hall–Kier alpha value is -1.16. The summed E-state index contributed by atoms with van der Waals surface area (Å²) in [5, 5.41) is 0. The van der Waals surface area contributed by atoms with Gasteiger partial charge in [0.15, 0.2) is 0 Å². The quantitative estimate of drug-likeness (QED) is 0.583. The van der Waals surface area contributed by atoms with Crippen molar-refractivity contribution >= 4 is 5.82 Å². The van der Waals surface area contributed by atoms with E-state index in [0.717, 1.165) is 23.8 Å². The zero-order valence-corrected chi connectivity index (χ0v) is 9.33. The van der Waals surface area contributed by atoms with Crippen LogP contribution in [0, 0.1) is 5.92 Å². The summed E-state index contributed by atoms with van der Waals surface area (Å²) in [6.07, 6.45) is 3.42.